The van der Waals surface area contributed by atoms with Crippen molar-refractivity contribution in [3.63, 3.8) is 0 Å². The predicted octanol–water partition coefficient (Wildman–Crippen LogP) is 1.21. The van der Waals surface area contributed by atoms with E-state index in [4.69, 9.17) is 4.74 Å². The zero-order valence-electron chi connectivity index (χ0n) is 16.5. The van der Waals surface area contributed by atoms with E-state index in [1.165, 1.54) is 12.1 Å². The molecule has 1 atom stereocenters. The minimum Gasteiger partial charge on any atom is -0.376 e. The number of anilines is 1. The highest BCUT2D eigenvalue weighted by Crippen LogP contribution is 2.17. The normalized spacial score (nSPS) is 20.4. The summed E-state index contributed by atoms with van der Waals surface area (Å²) in [6, 6.07) is 6.51. The van der Waals surface area contributed by atoms with E-state index >= 15 is 0 Å². The molecule has 0 aromatic heterocycles. The molecular formula is C20H30FN5O2. The average molecular weight is 391 g/mol. The molecule has 2 aliphatic rings. The average Bonchev–Trinajstić information content (AvgIpc) is 3.25. The molecule has 8 heteroatoms. The number of halogens is 1. The number of ether oxygens (including phenoxy) is 1. The van der Waals surface area contributed by atoms with Gasteiger partial charge in [-0.05, 0) is 37.1 Å². The first kappa shape index (κ1) is 20.4. The predicted molar refractivity (Wildman–Crippen MR) is 108 cm³/mol. The Kier molecular flexibility index (Phi) is 7.47. The van der Waals surface area contributed by atoms with E-state index in [0.717, 1.165) is 44.8 Å². The standard InChI is InChI=1S/C20H30FN5O2/c1-22-20(24-15-18-3-2-14-28-18)23-9-8-19(27)26-12-10-25(11-13-26)17-6-4-16(21)5-7-17/h4-7,18H,2-3,8-15H2,1H3,(H2,22,23,24). The number of hydrogen-bond acceptors (Lipinski definition) is 4. The first-order valence-corrected chi connectivity index (χ1v) is 10.00. The fourth-order valence-corrected chi connectivity index (χ4v) is 3.55. The van der Waals surface area contributed by atoms with Crippen LogP contribution in [0.4, 0.5) is 10.1 Å². The Morgan fingerprint density at radius 2 is 1.96 bits per heavy atom. The summed E-state index contributed by atoms with van der Waals surface area (Å²) in [4.78, 5) is 20.7. The lowest BCUT2D eigenvalue weighted by Crippen LogP contribution is -2.49. The summed E-state index contributed by atoms with van der Waals surface area (Å²) in [5.41, 5.74) is 0.997. The fourth-order valence-electron chi connectivity index (χ4n) is 3.55. The van der Waals surface area contributed by atoms with Crippen molar-refractivity contribution in [2.45, 2.75) is 25.4 Å². The van der Waals surface area contributed by atoms with Crippen LogP contribution in [0.15, 0.2) is 29.3 Å². The fraction of sp³-hybridized carbons (Fsp3) is 0.600. The summed E-state index contributed by atoms with van der Waals surface area (Å²) in [7, 11) is 1.72. The van der Waals surface area contributed by atoms with Crippen LogP contribution in [0, 0.1) is 5.82 Å². The van der Waals surface area contributed by atoms with Gasteiger partial charge in [0.15, 0.2) is 5.96 Å². The molecular weight excluding hydrogens is 361 g/mol. The molecule has 0 spiro atoms. The largest absolute Gasteiger partial charge is 0.376 e. The highest BCUT2D eigenvalue weighted by molar-refractivity contribution is 5.81. The van der Waals surface area contributed by atoms with Gasteiger partial charge in [-0.2, -0.15) is 0 Å². The van der Waals surface area contributed by atoms with Gasteiger partial charge < -0.3 is 25.2 Å². The van der Waals surface area contributed by atoms with Crippen molar-refractivity contribution in [3.05, 3.63) is 30.1 Å². The highest BCUT2D eigenvalue weighted by Gasteiger charge is 2.21. The van der Waals surface area contributed by atoms with Crippen molar-refractivity contribution in [3.8, 4) is 0 Å². The number of aliphatic imine (C=N–C) groups is 1. The van der Waals surface area contributed by atoms with E-state index < -0.39 is 0 Å². The number of guanidine groups is 1. The zero-order valence-corrected chi connectivity index (χ0v) is 16.5. The third-order valence-electron chi connectivity index (χ3n) is 5.20. The second-order valence-corrected chi connectivity index (χ2v) is 7.11. The molecule has 7 nitrogen and oxygen atoms in total. The Morgan fingerprint density at radius 1 is 1.21 bits per heavy atom. The number of nitrogens with one attached hydrogen (secondary N) is 2. The minimum absolute atomic E-state index is 0.140. The third-order valence-corrected chi connectivity index (χ3v) is 5.20. The van der Waals surface area contributed by atoms with E-state index in [9.17, 15) is 9.18 Å². The molecule has 1 aromatic carbocycles. The lowest BCUT2D eigenvalue weighted by Gasteiger charge is -2.36. The quantitative estimate of drug-likeness (QED) is 0.564. The van der Waals surface area contributed by atoms with Crippen molar-refractivity contribution in [2.24, 2.45) is 4.99 Å². The Morgan fingerprint density at radius 3 is 2.61 bits per heavy atom. The van der Waals surface area contributed by atoms with Gasteiger partial charge in [0.05, 0.1) is 6.10 Å². The van der Waals surface area contributed by atoms with Crippen LogP contribution in [0.2, 0.25) is 0 Å². The molecule has 154 valence electrons. The lowest BCUT2D eigenvalue weighted by molar-refractivity contribution is -0.131. The molecule has 0 saturated carbocycles. The van der Waals surface area contributed by atoms with E-state index in [2.05, 4.69) is 20.5 Å². The second-order valence-electron chi connectivity index (χ2n) is 7.11. The number of rotatable bonds is 6. The van der Waals surface area contributed by atoms with Crippen molar-refractivity contribution in [1.29, 1.82) is 0 Å². The monoisotopic (exact) mass is 391 g/mol. The van der Waals surface area contributed by atoms with E-state index in [-0.39, 0.29) is 17.8 Å². The van der Waals surface area contributed by atoms with E-state index in [1.807, 2.05) is 4.90 Å². The number of nitrogens with zero attached hydrogens (tertiary/aromatic N) is 3. The van der Waals surface area contributed by atoms with Crippen LogP contribution in [0.5, 0.6) is 0 Å². The summed E-state index contributed by atoms with van der Waals surface area (Å²) in [6.07, 6.45) is 2.86. The molecule has 0 bridgehead atoms. The molecule has 0 radical (unpaired) electrons. The third kappa shape index (κ3) is 5.82. The number of piperazine rings is 1. The molecule has 1 aromatic rings. The molecule has 2 N–H and O–H groups in total. The van der Waals surface area contributed by atoms with Crippen LogP contribution < -0.4 is 15.5 Å². The van der Waals surface area contributed by atoms with Crippen LogP contribution in [-0.4, -0.2) is 75.8 Å². The number of amides is 1. The second kappa shape index (κ2) is 10.3. The summed E-state index contributed by atoms with van der Waals surface area (Å²) < 4.78 is 18.6. The van der Waals surface area contributed by atoms with Crippen LogP contribution in [-0.2, 0) is 9.53 Å². The Bertz CT molecular complexity index is 653. The first-order chi connectivity index (χ1) is 13.7. The molecule has 2 saturated heterocycles. The Hall–Kier alpha value is -2.35. The van der Waals surface area contributed by atoms with Crippen LogP contribution in [0.25, 0.3) is 0 Å². The van der Waals surface area contributed by atoms with Gasteiger partial charge in [0.1, 0.15) is 5.82 Å². The summed E-state index contributed by atoms with van der Waals surface area (Å²) in [5.74, 6) is 0.607. The van der Waals surface area contributed by atoms with Crippen molar-refractivity contribution in [1.82, 2.24) is 15.5 Å². The highest BCUT2D eigenvalue weighted by atomic mass is 19.1. The van der Waals surface area contributed by atoms with E-state index in [0.29, 0.717) is 32.0 Å². The smallest absolute Gasteiger partial charge is 0.224 e. The van der Waals surface area contributed by atoms with Gasteiger partial charge in [-0.15, -0.1) is 0 Å². The molecule has 2 fully saturated rings. The SMILES string of the molecule is CN=C(NCCC(=O)N1CCN(c2ccc(F)cc2)CC1)NCC1CCCO1. The van der Waals surface area contributed by atoms with Gasteiger partial charge >= 0.3 is 0 Å². The van der Waals surface area contributed by atoms with Gasteiger partial charge in [-0.1, -0.05) is 0 Å². The van der Waals surface area contributed by atoms with Gasteiger partial charge in [-0.3, -0.25) is 9.79 Å². The van der Waals surface area contributed by atoms with Crippen molar-refractivity contribution in [2.75, 3.05) is 57.8 Å². The first-order valence-electron chi connectivity index (χ1n) is 10.00. The molecule has 1 unspecified atom stereocenters. The number of hydrogen-bond donors (Lipinski definition) is 2. The van der Waals surface area contributed by atoms with Gasteiger partial charge in [0, 0.05) is 65.0 Å². The molecule has 28 heavy (non-hydrogen) atoms. The molecule has 0 aliphatic carbocycles. The van der Waals surface area contributed by atoms with Crippen molar-refractivity contribution >= 4 is 17.6 Å². The maximum Gasteiger partial charge on any atom is 0.224 e. The van der Waals surface area contributed by atoms with Crippen molar-refractivity contribution < 1.29 is 13.9 Å². The number of carbonyl (C=O) groups excluding carboxylic acids is 1. The minimum atomic E-state index is -0.231. The van der Waals surface area contributed by atoms with Gasteiger partial charge in [0.25, 0.3) is 0 Å². The summed E-state index contributed by atoms with van der Waals surface area (Å²) in [6.45, 7) is 5.00. The summed E-state index contributed by atoms with van der Waals surface area (Å²) in [5, 5.41) is 6.44. The van der Waals surface area contributed by atoms with Crippen LogP contribution in [0.3, 0.4) is 0 Å². The lowest BCUT2D eigenvalue weighted by atomic mass is 10.2. The maximum atomic E-state index is 13.1. The van der Waals surface area contributed by atoms with Gasteiger partial charge in [0.2, 0.25) is 5.91 Å². The van der Waals surface area contributed by atoms with Crippen LogP contribution >= 0.6 is 0 Å². The Balaban J connectivity index is 1.34. The summed E-state index contributed by atoms with van der Waals surface area (Å²) >= 11 is 0. The molecule has 2 aliphatic heterocycles. The van der Waals surface area contributed by atoms with Gasteiger partial charge in [-0.25, -0.2) is 4.39 Å². The number of carbonyl (C=O) groups is 1. The zero-order chi connectivity index (χ0) is 19.8. The number of benzene rings is 1. The molecule has 1 amide bonds. The van der Waals surface area contributed by atoms with E-state index in [1.54, 1.807) is 19.2 Å². The molecule has 3 rings (SSSR count). The topological polar surface area (TPSA) is 69.2 Å². The van der Waals surface area contributed by atoms with Crippen LogP contribution in [0.1, 0.15) is 19.3 Å². The Labute approximate surface area is 165 Å². The maximum absolute atomic E-state index is 13.1. The molecule has 2 heterocycles.